The maximum absolute atomic E-state index is 15.1. The number of fused-ring (bicyclic) bond motifs is 5. The second-order valence-corrected chi connectivity index (χ2v) is 11.5. The Balaban J connectivity index is 1.48. The summed E-state index contributed by atoms with van der Waals surface area (Å²) >= 11 is 0. The zero-order valence-corrected chi connectivity index (χ0v) is 24.6. The summed E-state index contributed by atoms with van der Waals surface area (Å²) in [4.78, 5) is 2.07. The second kappa shape index (κ2) is 10.3. The van der Waals surface area contributed by atoms with E-state index in [2.05, 4.69) is 18.7 Å². The van der Waals surface area contributed by atoms with Crippen molar-refractivity contribution in [3.8, 4) is 28.4 Å². The summed E-state index contributed by atoms with van der Waals surface area (Å²) in [6, 6.07) is 23.7. The number of rotatable bonds is 4. The average Bonchev–Trinajstić information content (AvgIpc) is 3.06. The lowest BCUT2D eigenvalue weighted by molar-refractivity contribution is 0.382. The van der Waals surface area contributed by atoms with Crippen molar-refractivity contribution in [3.05, 3.63) is 119 Å². The molecule has 2 heterocycles. The quantitative estimate of drug-likeness (QED) is 0.0902. The number of nitrogens with zero attached hydrogens (tertiary/aromatic N) is 1. The van der Waals surface area contributed by atoms with Crippen molar-refractivity contribution < 1.29 is 36.1 Å². The highest BCUT2D eigenvalue weighted by atomic mass is 19.2. The van der Waals surface area contributed by atoms with Crippen LogP contribution in [0.1, 0.15) is 25.0 Å². The number of benzene rings is 5. The van der Waals surface area contributed by atoms with Crippen LogP contribution in [0.5, 0.6) is 17.2 Å². The van der Waals surface area contributed by atoms with Gasteiger partial charge in [0.25, 0.3) is 0 Å². The van der Waals surface area contributed by atoms with Crippen LogP contribution in [-0.2, 0) is 5.41 Å². The van der Waals surface area contributed by atoms with Crippen molar-refractivity contribution in [2.45, 2.75) is 19.3 Å². The fourth-order valence-corrected chi connectivity index (χ4v) is 6.42. The third-order valence-electron chi connectivity index (χ3n) is 8.74. The Morgan fingerprint density at radius 2 is 1.20 bits per heavy atom. The summed E-state index contributed by atoms with van der Waals surface area (Å²) in [5.74, 6) is -8.53. The molecule has 10 heteroatoms. The van der Waals surface area contributed by atoms with Gasteiger partial charge in [0.1, 0.15) is 17.2 Å². The van der Waals surface area contributed by atoms with Crippen molar-refractivity contribution in [1.29, 1.82) is 0 Å². The average molecular weight is 613 g/mol. The van der Waals surface area contributed by atoms with Crippen molar-refractivity contribution >= 4 is 34.9 Å². The maximum atomic E-state index is 15.1. The first-order valence-corrected chi connectivity index (χ1v) is 14.1. The predicted molar refractivity (Wildman–Crippen MR) is 164 cm³/mol. The molecule has 0 unspecified atom stereocenters. The summed E-state index contributed by atoms with van der Waals surface area (Å²) in [7, 11) is 3.21. The number of methoxy groups -OCH3 is 2. The Kier molecular flexibility index (Phi) is 6.58. The molecular formula is C35H25BF5NO3. The van der Waals surface area contributed by atoms with Crippen LogP contribution in [0.15, 0.2) is 78.9 Å². The molecule has 0 fully saturated rings. The zero-order chi connectivity index (χ0) is 31.8. The van der Waals surface area contributed by atoms with Crippen LogP contribution in [0, 0.1) is 29.1 Å². The van der Waals surface area contributed by atoms with E-state index in [4.69, 9.17) is 14.1 Å². The second-order valence-electron chi connectivity index (χ2n) is 11.5. The van der Waals surface area contributed by atoms with Gasteiger partial charge < -0.3 is 19.0 Å². The minimum absolute atomic E-state index is 0.242. The molecule has 2 aliphatic rings. The lowest BCUT2D eigenvalue weighted by Gasteiger charge is -2.42. The molecule has 45 heavy (non-hydrogen) atoms. The predicted octanol–water partition coefficient (Wildman–Crippen LogP) is 7.67. The van der Waals surface area contributed by atoms with E-state index >= 15 is 8.78 Å². The van der Waals surface area contributed by atoms with Crippen LogP contribution in [0.3, 0.4) is 0 Å². The summed E-state index contributed by atoms with van der Waals surface area (Å²) in [5, 5.41) is 0. The SMILES string of the molecule is COc1ccc2c(c1)C(C)(C)c1cc(OC)ccc1N2c1ccc2c(c1)-c1ccccc1OB2c1c(F)c(F)c(F)c(F)c1F. The van der Waals surface area contributed by atoms with Crippen molar-refractivity contribution in [1.82, 2.24) is 0 Å². The van der Waals surface area contributed by atoms with Crippen LogP contribution in [-0.4, -0.2) is 21.1 Å². The van der Waals surface area contributed by atoms with Crippen molar-refractivity contribution in [3.63, 3.8) is 0 Å². The third-order valence-corrected chi connectivity index (χ3v) is 8.74. The summed E-state index contributed by atoms with van der Waals surface area (Å²) in [6.07, 6.45) is 0. The Morgan fingerprint density at radius 3 is 1.78 bits per heavy atom. The molecule has 0 aliphatic carbocycles. The number of halogens is 5. The molecule has 0 aromatic heterocycles. The first-order chi connectivity index (χ1) is 21.6. The molecule has 2 aliphatic heterocycles. The molecule has 4 nitrogen and oxygen atoms in total. The standard InChI is InChI=1S/C35H25BF5NO3/c1-35(2)23-16-19(43-3)10-13-26(23)42(27-14-11-20(44-4)17-24(27)35)18-9-12-25-22(15-18)21-7-5-6-8-28(21)45-36(25)29-30(37)32(39)34(41)33(40)31(29)38/h5-17H,1-4H3. The molecule has 0 spiro atoms. The molecule has 7 rings (SSSR count). The van der Waals surface area contributed by atoms with Gasteiger partial charge in [-0.2, -0.15) is 0 Å². The molecule has 5 aromatic carbocycles. The van der Waals surface area contributed by atoms with Gasteiger partial charge in [0, 0.05) is 22.1 Å². The van der Waals surface area contributed by atoms with Crippen molar-refractivity contribution in [2.75, 3.05) is 19.1 Å². The Hall–Kier alpha value is -4.99. The van der Waals surface area contributed by atoms with Gasteiger partial charge in [0.2, 0.25) is 0 Å². The van der Waals surface area contributed by atoms with Crippen molar-refractivity contribution in [2.24, 2.45) is 0 Å². The van der Waals surface area contributed by atoms with Gasteiger partial charge in [0.05, 0.1) is 25.6 Å². The lowest BCUT2D eigenvalue weighted by Crippen LogP contribution is -2.53. The molecule has 0 radical (unpaired) electrons. The van der Waals surface area contributed by atoms with Crippen LogP contribution in [0.2, 0.25) is 0 Å². The molecule has 0 saturated heterocycles. The number of ether oxygens (including phenoxy) is 2. The molecule has 226 valence electrons. The van der Waals surface area contributed by atoms with E-state index in [1.807, 2.05) is 42.5 Å². The first kappa shape index (κ1) is 28.8. The van der Waals surface area contributed by atoms with Crippen LogP contribution in [0.4, 0.5) is 39.0 Å². The minimum atomic E-state index is -2.22. The normalized spacial score (nSPS) is 14.2. The minimum Gasteiger partial charge on any atom is -0.551 e. The Labute approximate surface area is 256 Å². The number of para-hydroxylation sites is 1. The summed E-state index contributed by atoms with van der Waals surface area (Å²) in [5.41, 5.74) is 4.34. The molecule has 0 amide bonds. The molecule has 5 aromatic rings. The van der Waals surface area contributed by atoms with Crippen LogP contribution in [0.25, 0.3) is 11.1 Å². The molecule has 0 atom stereocenters. The monoisotopic (exact) mass is 613 g/mol. The summed E-state index contributed by atoms with van der Waals surface area (Å²) in [6.45, 7) is 2.65. The maximum Gasteiger partial charge on any atom is 0.433 e. The molecule has 0 bridgehead atoms. The van der Waals surface area contributed by atoms with Crippen LogP contribution < -0.4 is 30.0 Å². The molecule has 0 N–H and O–H groups in total. The van der Waals surface area contributed by atoms with Gasteiger partial charge >= 0.3 is 6.92 Å². The fourth-order valence-electron chi connectivity index (χ4n) is 6.42. The highest BCUT2D eigenvalue weighted by Gasteiger charge is 2.42. The van der Waals surface area contributed by atoms with Gasteiger partial charge in [-0.15, -0.1) is 0 Å². The van der Waals surface area contributed by atoms with E-state index in [-0.39, 0.29) is 11.2 Å². The fraction of sp³-hybridized carbons (Fsp3) is 0.143. The zero-order valence-electron chi connectivity index (χ0n) is 24.6. The van der Waals surface area contributed by atoms with E-state index in [0.717, 1.165) is 22.5 Å². The van der Waals surface area contributed by atoms with Gasteiger partial charge in [-0.05, 0) is 76.8 Å². The Morgan fingerprint density at radius 1 is 0.644 bits per heavy atom. The summed E-state index contributed by atoms with van der Waals surface area (Å²) < 4.78 is 90.0. The first-order valence-electron chi connectivity index (χ1n) is 14.1. The van der Waals surface area contributed by atoms with E-state index in [0.29, 0.717) is 28.3 Å². The highest BCUT2D eigenvalue weighted by Crippen LogP contribution is 2.53. The van der Waals surface area contributed by atoms with E-state index in [9.17, 15) is 13.2 Å². The van der Waals surface area contributed by atoms with Crippen LogP contribution >= 0.6 is 0 Å². The lowest BCUT2D eigenvalue weighted by atomic mass is 9.52. The molecular weight excluding hydrogens is 588 g/mol. The van der Waals surface area contributed by atoms with Gasteiger partial charge in [-0.25, -0.2) is 22.0 Å². The van der Waals surface area contributed by atoms with E-state index in [1.165, 1.54) is 0 Å². The van der Waals surface area contributed by atoms with E-state index < -0.39 is 46.9 Å². The highest BCUT2D eigenvalue weighted by molar-refractivity contribution is 6.82. The Bertz CT molecular complexity index is 1950. The third kappa shape index (κ3) is 4.19. The molecule has 0 saturated carbocycles. The van der Waals surface area contributed by atoms with Gasteiger partial charge in [-0.3, -0.25) is 0 Å². The number of anilines is 3. The number of hydrogen-bond acceptors (Lipinski definition) is 4. The smallest absolute Gasteiger partial charge is 0.433 e. The largest absolute Gasteiger partial charge is 0.551 e. The number of hydrogen-bond donors (Lipinski definition) is 0. The van der Waals surface area contributed by atoms with E-state index in [1.54, 1.807) is 50.6 Å². The topological polar surface area (TPSA) is 30.9 Å². The van der Waals surface area contributed by atoms with Gasteiger partial charge in [-0.1, -0.05) is 38.1 Å². The van der Waals surface area contributed by atoms with Gasteiger partial charge in [0.15, 0.2) is 29.1 Å².